The highest BCUT2D eigenvalue weighted by atomic mass is 16.5. The summed E-state index contributed by atoms with van der Waals surface area (Å²) in [6, 6.07) is 0.448. The molecule has 0 bridgehead atoms. The van der Waals surface area contributed by atoms with Crippen molar-refractivity contribution in [2.24, 2.45) is 5.92 Å². The summed E-state index contributed by atoms with van der Waals surface area (Å²) in [5.41, 5.74) is 0. The Hall–Kier alpha value is -0.160. The van der Waals surface area contributed by atoms with Gasteiger partial charge in [0.05, 0.1) is 24.9 Å². The van der Waals surface area contributed by atoms with Gasteiger partial charge in [0.2, 0.25) is 0 Å². The highest BCUT2D eigenvalue weighted by molar-refractivity contribution is 4.79. The molecule has 0 aromatic rings. The van der Waals surface area contributed by atoms with Gasteiger partial charge in [-0.25, -0.2) is 0 Å². The Morgan fingerprint density at radius 3 is 2.39 bits per heavy atom. The van der Waals surface area contributed by atoms with Gasteiger partial charge in [0.15, 0.2) is 0 Å². The molecule has 1 fully saturated rings. The highest BCUT2D eigenvalue weighted by Gasteiger charge is 2.24. The molecule has 0 saturated carbocycles. The fourth-order valence-electron chi connectivity index (χ4n) is 2.37. The maximum atomic E-state index is 9.81. The van der Waals surface area contributed by atoms with Gasteiger partial charge in [-0.15, -0.1) is 0 Å². The van der Waals surface area contributed by atoms with Crippen molar-refractivity contribution in [1.82, 2.24) is 5.32 Å². The normalized spacial score (nSPS) is 30.7. The summed E-state index contributed by atoms with van der Waals surface area (Å²) in [4.78, 5) is 0. The van der Waals surface area contributed by atoms with Crippen LogP contribution in [0, 0.1) is 5.92 Å². The van der Waals surface area contributed by atoms with Crippen LogP contribution < -0.4 is 5.32 Å². The van der Waals surface area contributed by atoms with E-state index >= 15 is 0 Å². The van der Waals surface area contributed by atoms with Crippen LogP contribution >= 0.6 is 0 Å². The van der Waals surface area contributed by atoms with Crippen LogP contribution in [0.15, 0.2) is 0 Å². The second-order valence-electron chi connectivity index (χ2n) is 5.92. The molecule has 1 aliphatic rings. The Bertz CT molecular complexity index is 213. The van der Waals surface area contributed by atoms with Crippen molar-refractivity contribution in [2.75, 3.05) is 19.8 Å². The molecule has 108 valence electrons. The summed E-state index contributed by atoms with van der Waals surface area (Å²) >= 11 is 0. The van der Waals surface area contributed by atoms with E-state index < -0.39 is 6.10 Å². The zero-order valence-corrected chi connectivity index (χ0v) is 12.2. The molecular formula is C14H29NO3. The van der Waals surface area contributed by atoms with Gasteiger partial charge >= 0.3 is 0 Å². The number of nitrogens with one attached hydrogen (secondary N) is 1. The van der Waals surface area contributed by atoms with Gasteiger partial charge in [0.1, 0.15) is 0 Å². The largest absolute Gasteiger partial charge is 0.389 e. The van der Waals surface area contributed by atoms with Crippen molar-refractivity contribution < 1.29 is 14.6 Å². The molecule has 0 amide bonds. The molecule has 0 aromatic carbocycles. The highest BCUT2D eigenvalue weighted by Crippen LogP contribution is 2.18. The molecule has 3 unspecified atom stereocenters. The predicted octanol–water partition coefficient (Wildman–Crippen LogP) is 1.57. The molecule has 4 nitrogen and oxygen atoms in total. The zero-order valence-electron chi connectivity index (χ0n) is 12.2. The van der Waals surface area contributed by atoms with Crippen molar-refractivity contribution in [2.45, 2.75) is 64.9 Å². The van der Waals surface area contributed by atoms with E-state index in [1.54, 1.807) is 0 Å². The maximum absolute atomic E-state index is 9.81. The second kappa shape index (κ2) is 8.10. The van der Waals surface area contributed by atoms with Crippen LogP contribution in [0.3, 0.4) is 0 Å². The number of rotatable bonds is 7. The molecule has 1 saturated heterocycles. The first-order chi connectivity index (χ1) is 8.47. The van der Waals surface area contributed by atoms with Crippen LogP contribution in [-0.2, 0) is 9.47 Å². The summed E-state index contributed by atoms with van der Waals surface area (Å²) in [5.74, 6) is 0.516. The number of hydrogen-bond acceptors (Lipinski definition) is 4. The van der Waals surface area contributed by atoms with E-state index in [2.05, 4.69) is 33.0 Å². The van der Waals surface area contributed by atoms with Gasteiger partial charge in [-0.2, -0.15) is 0 Å². The summed E-state index contributed by atoms with van der Waals surface area (Å²) in [5, 5.41) is 13.2. The van der Waals surface area contributed by atoms with Gasteiger partial charge in [-0.05, 0) is 32.6 Å². The Morgan fingerprint density at radius 1 is 1.22 bits per heavy atom. The number of hydrogen-bond donors (Lipinski definition) is 2. The van der Waals surface area contributed by atoms with Crippen molar-refractivity contribution in [3.63, 3.8) is 0 Å². The predicted molar refractivity (Wildman–Crippen MR) is 72.7 cm³/mol. The third-order valence-electron chi connectivity index (χ3n) is 3.10. The molecule has 2 N–H and O–H groups in total. The van der Waals surface area contributed by atoms with E-state index in [9.17, 15) is 5.11 Å². The van der Waals surface area contributed by atoms with E-state index in [4.69, 9.17) is 9.47 Å². The van der Waals surface area contributed by atoms with Crippen LogP contribution in [0.4, 0.5) is 0 Å². The minimum Gasteiger partial charge on any atom is -0.389 e. The van der Waals surface area contributed by atoms with Crippen LogP contribution in [0.5, 0.6) is 0 Å². The van der Waals surface area contributed by atoms with Crippen molar-refractivity contribution >= 4 is 0 Å². The number of ether oxygens (including phenoxy) is 2. The molecule has 0 spiro atoms. The Labute approximate surface area is 111 Å². The van der Waals surface area contributed by atoms with E-state index in [0.29, 0.717) is 43.9 Å². The molecule has 1 aliphatic heterocycles. The fourth-order valence-corrected chi connectivity index (χ4v) is 2.37. The van der Waals surface area contributed by atoms with Gasteiger partial charge in [0.25, 0.3) is 0 Å². The van der Waals surface area contributed by atoms with Gasteiger partial charge in [-0.1, -0.05) is 13.8 Å². The van der Waals surface area contributed by atoms with Crippen LogP contribution in [0.1, 0.15) is 40.5 Å². The summed E-state index contributed by atoms with van der Waals surface area (Å²) in [6.07, 6.45) is 2.23. The quantitative estimate of drug-likeness (QED) is 0.728. The van der Waals surface area contributed by atoms with Gasteiger partial charge < -0.3 is 19.9 Å². The number of aliphatic hydroxyl groups excluding tert-OH is 1. The smallest absolute Gasteiger partial charge is 0.0897 e. The summed E-state index contributed by atoms with van der Waals surface area (Å²) in [6.45, 7) is 10.1. The second-order valence-corrected chi connectivity index (χ2v) is 5.92. The molecule has 1 heterocycles. The monoisotopic (exact) mass is 259 g/mol. The lowest BCUT2D eigenvalue weighted by atomic mass is 10.00. The van der Waals surface area contributed by atoms with E-state index in [1.165, 1.54) is 0 Å². The van der Waals surface area contributed by atoms with E-state index in [0.717, 1.165) is 12.8 Å². The molecule has 0 aromatic heterocycles. The molecule has 4 heteroatoms. The average molecular weight is 259 g/mol. The van der Waals surface area contributed by atoms with E-state index in [-0.39, 0.29) is 0 Å². The Kier molecular flexibility index (Phi) is 7.15. The molecular weight excluding hydrogens is 230 g/mol. The van der Waals surface area contributed by atoms with Crippen LogP contribution in [0.25, 0.3) is 0 Å². The lowest BCUT2D eigenvalue weighted by Crippen LogP contribution is -2.44. The number of aliphatic hydroxyl groups is 1. The van der Waals surface area contributed by atoms with Gasteiger partial charge in [-0.3, -0.25) is 0 Å². The first kappa shape index (κ1) is 15.9. The molecule has 0 radical (unpaired) electrons. The maximum Gasteiger partial charge on any atom is 0.0897 e. The van der Waals surface area contributed by atoms with Gasteiger partial charge in [0, 0.05) is 19.2 Å². The first-order valence-electron chi connectivity index (χ1n) is 7.12. The molecule has 3 atom stereocenters. The van der Waals surface area contributed by atoms with E-state index in [1.807, 2.05) is 0 Å². The molecule has 18 heavy (non-hydrogen) atoms. The van der Waals surface area contributed by atoms with Crippen molar-refractivity contribution in [1.29, 1.82) is 0 Å². The van der Waals surface area contributed by atoms with Crippen LogP contribution in [-0.4, -0.2) is 49.2 Å². The topological polar surface area (TPSA) is 50.7 Å². The summed E-state index contributed by atoms with van der Waals surface area (Å²) in [7, 11) is 0. The standard InChI is InChI=1S/C14H29NO3/c1-10(2)8-17-9-14(16)7-15-13-5-11(3)18-12(4)6-13/h10-16H,5-9H2,1-4H3. The SMILES string of the molecule is CC(C)COCC(O)CNC1CC(C)OC(C)C1. The average Bonchev–Trinajstić information content (AvgIpc) is 2.24. The lowest BCUT2D eigenvalue weighted by molar-refractivity contribution is -0.0449. The minimum atomic E-state index is -0.419. The first-order valence-corrected chi connectivity index (χ1v) is 7.12. The van der Waals surface area contributed by atoms with Crippen molar-refractivity contribution in [3.05, 3.63) is 0 Å². The Balaban J connectivity index is 2.11. The third-order valence-corrected chi connectivity index (χ3v) is 3.10. The zero-order chi connectivity index (χ0) is 13.5. The Morgan fingerprint density at radius 2 is 1.83 bits per heavy atom. The molecule has 0 aliphatic carbocycles. The fraction of sp³-hybridized carbons (Fsp3) is 1.00. The summed E-state index contributed by atoms with van der Waals surface area (Å²) < 4.78 is 11.1. The van der Waals surface area contributed by atoms with Crippen molar-refractivity contribution in [3.8, 4) is 0 Å². The third kappa shape index (κ3) is 6.69. The van der Waals surface area contributed by atoms with Crippen LogP contribution in [0.2, 0.25) is 0 Å². The lowest BCUT2D eigenvalue weighted by Gasteiger charge is -2.33. The minimum absolute atomic E-state index is 0.306. The molecule has 1 rings (SSSR count).